The van der Waals surface area contributed by atoms with Gasteiger partial charge >= 0.3 is 11.9 Å². The molecule has 0 aromatic heterocycles. The highest BCUT2D eigenvalue weighted by Crippen LogP contribution is 2.04. The second kappa shape index (κ2) is 6.19. The van der Waals surface area contributed by atoms with Crippen molar-refractivity contribution in [3.05, 3.63) is 0 Å². The molecule has 0 aliphatic heterocycles. The lowest BCUT2D eigenvalue weighted by Gasteiger charge is -2.21. The zero-order valence-electron chi connectivity index (χ0n) is 9.90. The average molecular weight is 246 g/mol. The third kappa shape index (κ3) is 6.52. The fourth-order valence-electron chi connectivity index (χ4n) is 1.06. The number of carboxylic acid groups (broad SMARTS) is 2. The van der Waals surface area contributed by atoms with Gasteiger partial charge in [-0.3, -0.25) is 9.59 Å². The normalized spacial score (nSPS) is 12.9. The minimum Gasteiger partial charge on any atom is -0.481 e. The monoisotopic (exact) mass is 246 g/mol. The van der Waals surface area contributed by atoms with E-state index in [1.54, 1.807) is 0 Å². The molecule has 0 rings (SSSR count). The van der Waals surface area contributed by atoms with Gasteiger partial charge in [0.05, 0.1) is 5.54 Å². The maximum Gasteiger partial charge on any atom is 0.326 e. The number of rotatable bonds is 7. The SMILES string of the molecule is CC(C)(N)C(=O)N[C@@H](CCCC(=O)O)C(=O)O. The lowest BCUT2D eigenvalue weighted by molar-refractivity contribution is -0.143. The molecule has 0 saturated carbocycles. The Bertz CT molecular complexity index is 308. The fraction of sp³-hybridized carbons (Fsp3) is 0.700. The van der Waals surface area contributed by atoms with Crippen molar-refractivity contribution in [2.45, 2.75) is 44.7 Å². The average Bonchev–Trinajstić information content (AvgIpc) is 2.13. The molecule has 0 aromatic carbocycles. The second-order valence-electron chi connectivity index (χ2n) is 4.37. The van der Waals surface area contributed by atoms with Crippen molar-refractivity contribution in [1.29, 1.82) is 0 Å². The van der Waals surface area contributed by atoms with Crippen molar-refractivity contribution >= 4 is 17.8 Å². The zero-order valence-corrected chi connectivity index (χ0v) is 9.90. The van der Waals surface area contributed by atoms with Crippen molar-refractivity contribution in [2.75, 3.05) is 0 Å². The van der Waals surface area contributed by atoms with Crippen molar-refractivity contribution < 1.29 is 24.6 Å². The maximum absolute atomic E-state index is 11.5. The molecule has 0 saturated heterocycles. The molecular weight excluding hydrogens is 228 g/mol. The molecule has 5 N–H and O–H groups in total. The van der Waals surface area contributed by atoms with Gasteiger partial charge in [0.2, 0.25) is 5.91 Å². The number of aliphatic carboxylic acids is 2. The van der Waals surface area contributed by atoms with Crippen LogP contribution in [0.1, 0.15) is 33.1 Å². The van der Waals surface area contributed by atoms with Gasteiger partial charge in [-0.05, 0) is 26.7 Å². The Kier molecular flexibility index (Phi) is 5.60. The number of amides is 1. The summed E-state index contributed by atoms with van der Waals surface area (Å²) >= 11 is 0. The molecule has 0 aromatic rings. The zero-order chi connectivity index (χ0) is 13.6. The predicted octanol–water partition coefficient (Wildman–Crippen LogP) is -0.452. The quantitative estimate of drug-likeness (QED) is 0.481. The highest BCUT2D eigenvalue weighted by molar-refractivity contribution is 5.89. The highest BCUT2D eigenvalue weighted by atomic mass is 16.4. The third-order valence-corrected chi connectivity index (χ3v) is 2.07. The predicted molar refractivity (Wildman–Crippen MR) is 59.3 cm³/mol. The van der Waals surface area contributed by atoms with Crippen LogP contribution in [0.2, 0.25) is 0 Å². The van der Waals surface area contributed by atoms with E-state index in [0.717, 1.165) is 0 Å². The third-order valence-electron chi connectivity index (χ3n) is 2.07. The maximum atomic E-state index is 11.5. The summed E-state index contributed by atoms with van der Waals surface area (Å²) in [6.07, 6.45) is 0.104. The molecule has 7 nitrogen and oxygen atoms in total. The molecule has 0 radical (unpaired) electrons. The van der Waals surface area contributed by atoms with Crippen LogP contribution in [-0.4, -0.2) is 39.6 Å². The number of nitrogens with two attached hydrogens (primary N) is 1. The summed E-state index contributed by atoms with van der Waals surface area (Å²) in [4.78, 5) is 32.6. The summed E-state index contributed by atoms with van der Waals surface area (Å²) < 4.78 is 0. The van der Waals surface area contributed by atoms with E-state index in [0.29, 0.717) is 0 Å². The molecule has 0 bridgehead atoms. The smallest absolute Gasteiger partial charge is 0.326 e. The van der Waals surface area contributed by atoms with Crippen LogP contribution in [0.25, 0.3) is 0 Å². The second-order valence-corrected chi connectivity index (χ2v) is 4.37. The number of nitrogens with one attached hydrogen (secondary N) is 1. The Hall–Kier alpha value is -1.63. The van der Waals surface area contributed by atoms with Gasteiger partial charge in [-0.1, -0.05) is 0 Å². The molecule has 17 heavy (non-hydrogen) atoms. The van der Waals surface area contributed by atoms with E-state index >= 15 is 0 Å². The van der Waals surface area contributed by atoms with Crippen LogP contribution < -0.4 is 11.1 Å². The van der Waals surface area contributed by atoms with Crippen LogP contribution in [-0.2, 0) is 14.4 Å². The van der Waals surface area contributed by atoms with E-state index in [9.17, 15) is 14.4 Å². The van der Waals surface area contributed by atoms with E-state index in [1.807, 2.05) is 0 Å². The number of hydrogen-bond acceptors (Lipinski definition) is 4. The molecule has 0 heterocycles. The van der Waals surface area contributed by atoms with Gasteiger partial charge in [0.15, 0.2) is 0 Å². The lowest BCUT2D eigenvalue weighted by Crippen LogP contribution is -2.54. The van der Waals surface area contributed by atoms with E-state index < -0.39 is 29.4 Å². The summed E-state index contributed by atoms with van der Waals surface area (Å²) in [5.74, 6) is -2.78. The molecule has 0 aliphatic carbocycles. The molecule has 0 unspecified atom stereocenters. The van der Waals surface area contributed by atoms with Crippen molar-refractivity contribution in [3.8, 4) is 0 Å². The largest absolute Gasteiger partial charge is 0.481 e. The summed E-state index contributed by atoms with van der Waals surface area (Å²) in [5.41, 5.74) is 4.34. The molecule has 7 heteroatoms. The van der Waals surface area contributed by atoms with Crippen molar-refractivity contribution in [2.24, 2.45) is 5.73 Å². The molecule has 0 aliphatic rings. The topological polar surface area (TPSA) is 130 Å². The van der Waals surface area contributed by atoms with Gasteiger partial charge in [0, 0.05) is 6.42 Å². The number of carbonyl (C=O) groups excluding carboxylic acids is 1. The summed E-state index contributed by atoms with van der Waals surface area (Å²) in [6.45, 7) is 2.91. The van der Waals surface area contributed by atoms with Crippen LogP contribution >= 0.6 is 0 Å². The van der Waals surface area contributed by atoms with Crippen LogP contribution in [0.4, 0.5) is 0 Å². The highest BCUT2D eigenvalue weighted by Gasteiger charge is 2.27. The van der Waals surface area contributed by atoms with Crippen LogP contribution in [0.3, 0.4) is 0 Å². The number of hydrogen-bond donors (Lipinski definition) is 4. The Labute approximate surface area is 99.0 Å². The first-order chi connectivity index (χ1) is 7.64. The van der Waals surface area contributed by atoms with E-state index in [2.05, 4.69) is 5.32 Å². The van der Waals surface area contributed by atoms with E-state index in [4.69, 9.17) is 15.9 Å². The Morgan fingerprint density at radius 2 is 1.82 bits per heavy atom. The van der Waals surface area contributed by atoms with Gasteiger partial charge in [-0.15, -0.1) is 0 Å². The first-order valence-corrected chi connectivity index (χ1v) is 5.19. The Morgan fingerprint density at radius 3 is 2.18 bits per heavy atom. The number of carboxylic acids is 2. The standard InChI is InChI=1S/C10H18N2O5/c1-10(2,11)9(17)12-6(8(15)16)4-3-5-7(13)14/h6H,3-5,11H2,1-2H3,(H,12,17)(H,13,14)(H,15,16)/t6-/m0/s1. The van der Waals surface area contributed by atoms with Gasteiger partial charge in [-0.2, -0.15) is 0 Å². The van der Waals surface area contributed by atoms with Gasteiger partial charge in [0.25, 0.3) is 0 Å². The molecule has 98 valence electrons. The molecular formula is C10H18N2O5. The lowest BCUT2D eigenvalue weighted by atomic mass is 10.0. The summed E-state index contributed by atoms with van der Waals surface area (Å²) in [5, 5.41) is 19.5. The minimum absolute atomic E-state index is 0.0590. The van der Waals surface area contributed by atoms with Gasteiger partial charge in [0.1, 0.15) is 6.04 Å². The number of carbonyl (C=O) groups is 3. The molecule has 0 spiro atoms. The molecule has 1 atom stereocenters. The van der Waals surface area contributed by atoms with Crippen molar-refractivity contribution in [3.63, 3.8) is 0 Å². The molecule has 0 fully saturated rings. The van der Waals surface area contributed by atoms with Crippen LogP contribution in [0.15, 0.2) is 0 Å². The molecule has 1 amide bonds. The Morgan fingerprint density at radius 1 is 1.29 bits per heavy atom. The fourth-order valence-corrected chi connectivity index (χ4v) is 1.06. The first-order valence-electron chi connectivity index (χ1n) is 5.19. The van der Waals surface area contributed by atoms with E-state index in [-0.39, 0.29) is 19.3 Å². The van der Waals surface area contributed by atoms with Crippen molar-refractivity contribution in [1.82, 2.24) is 5.32 Å². The Balaban J connectivity index is 4.31. The first kappa shape index (κ1) is 15.4. The van der Waals surface area contributed by atoms with Gasteiger partial charge < -0.3 is 21.3 Å². The van der Waals surface area contributed by atoms with E-state index in [1.165, 1.54) is 13.8 Å². The van der Waals surface area contributed by atoms with Crippen LogP contribution in [0.5, 0.6) is 0 Å². The van der Waals surface area contributed by atoms with Gasteiger partial charge in [-0.25, -0.2) is 4.79 Å². The summed E-state index contributed by atoms with van der Waals surface area (Å²) in [6, 6.07) is -1.11. The van der Waals surface area contributed by atoms with Crippen LogP contribution in [0, 0.1) is 0 Å². The minimum atomic E-state index is -1.20. The summed E-state index contributed by atoms with van der Waals surface area (Å²) in [7, 11) is 0.